The highest BCUT2D eigenvalue weighted by atomic mass is 19.1. The number of hydrogen-bond acceptors (Lipinski definition) is 3. The summed E-state index contributed by atoms with van der Waals surface area (Å²) in [4.78, 5) is 25.1. The molecule has 1 aliphatic rings. The van der Waals surface area contributed by atoms with Crippen molar-refractivity contribution in [2.45, 2.75) is 6.10 Å². The second-order valence-electron chi connectivity index (χ2n) is 5.55. The number of carbonyl (C=O) groups excluding carboxylic acids is 1. The summed E-state index contributed by atoms with van der Waals surface area (Å²) in [5, 5.41) is 8.90. The smallest absolute Gasteiger partial charge is 0.335 e. The van der Waals surface area contributed by atoms with Gasteiger partial charge in [-0.3, -0.25) is 4.79 Å². The van der Waals surface area contributed by atoms with E-state index in [9.17, 15) is 14.0 Å². The van der Waals surface area contributed by atoms with Crippen molar-refractivity contribution in [1.29, 1.82) is 0 Å². The Morgan fingerprint density at radius 2 is 1.83 bits per heavy atom. The predicted octanol–water partition coefficient (Wildman–Crippen LogP) is 2.74. The van der Waals surface area contributed by atoms with E-state index in [-0.39, 0.29) is 23.4 Å². The van der Waals surface area contributed by atoms with Crippen molar-refractivity contribution < 1.29 is 23.8 Å². The van der Waals surface area contributed by atoms with E-state index < -0.39 is 5.97 Å². The molecule has 0 radical (unpaired) electrons. The average Bonchev–Trinajstić information content (AvgIpc) is 2.61. The van der Waals surface area contributed by atoms with Gasteiger partial charge in [0.2, 0.25) is 0 Å². The number of carbonyl (C=O) groups is 2. The molecule has 1 fully saturated rings. The van der Waals surface area contributed by atoms with Gasteiger partial charge in [-0.05, 0) is 42.0 Å². The van der Waals surface area contributed by atoms with E-state index in [2.05, 4.69) is 0 Å². The van der Waals surface area contributed by atoms with Crippen molar-refractivity contribution in [2.75, 3.05) is 19.7 Å². The maximum absolute atomic E-state index is 13.4. The standard InChI is InChI=1S/C18H16FNO4/c19-15-3-1-2-14(10-15)16-11-20(8-9-24-16)17(21)12-4-6-13(7-5-12)18(22)23/h1-7,10,16H,8-9,11H2,(H,22,23). The van der Waals surface area contributed by atoms with Crippen LogP contribution < -0.4 is 0 Å². The summed E-state index contributed by atoms with van der Waals surface area (Å²) in [5.41, 5.74) is 1.24. The Kier molecular flexibility index (Phi) is 4.57. The van der Waals surface area contributed by atoms with Crippen LogP contribution in [0.5, 0.6) is 0 Å². The number of aromatic carboxylic acids is 1. The molecule has 0 aromatic heterocycles. The maximum Gasteiger partial charge on any atom is 0.335 e. The Hall–Kier alpha value is -2.73. The fourth-order valence-electron chi connectivity index (χ4n) is 2.68. The van der Waals surface area contributed by atoms with Gasteiger partial charge >= 0.3 is 5.97 Å². The summed E-state index contributed by atoms with van der Waals surface area (Å²) >= 11 is 0. The Morgan fingerprint density at radius 1 is 1.12 bits per heavy atom. The average molecular weight is 329 g/mol. The Labute approximate surface area is 138 Å². The van der Waals surface area contributed by atoms with Crippen molar-refractivity contribution in [1.82, 2.24) is 4.90 Å². The zero-order valence-electron chi connectivity index (χ0n) is 12.8. The quantitative estimate of drug-likeness (QED) is 0.940. The van der Waals surface area contributed by atoms with Gasteiger partial charge in [0.15, 0.2) is 0 Å². The minimum absolute atomic E-state index is 0.131. The number of carboxylic acids is 1. The van der Waals surface area contributed by atoms with E-state index >= 15 is 0 Å². The Morgan fingerprint density at radius 3 is 2.50 bits per heavy atom. The first kappa shape index (κ1) is 16.1. The molecule has 0 saturated carbocycles. The third kappa shape index (κ3) is 3.44. The lowest BCUT2D eigenvalue weighted by atomic mass is 10.1. The van der Waals surface area contributed by atoms with Crippen LogP contribution in [0.3, 0.4) is 0 Å². The number of nitrogens with zero attached hydrogens (tertiary/aromatic N) is 1. The van der Waals surface area contributed by atoms with Gasteiger partial charge < -0.3 is 14.7 Å². The molecule has 0 aliphatic carbocycles. The van der Waals surface area contributed by atoms with E-state index in [1.54, 1.807) is 17.0 Å². The monoisotopic (exact) mass is 329 g/mol. The van der Waals surface area contributed by atoms with Gasteiger partial charge in [-0.2, -0.15) is 0 Å². The van der Waals surface area contributed by atoms with Gasteiger partial charge in [-0.25, -0.2) is 9.18 Å². The highest BCUT2D eigenvalue weighted by Gasteiger charge is 2.26. The highest BCUT2D eigenvalue weighted by molar-refractivity contribution is 5.96. The molecule has 1 atom stereocenters. The van der Waals surface area contributed by atoms with E-state index in [1.165, 1.54) is 36.4 Å². The molecule has 3 rings (SSSR count). The summed E-state index contributed by atoms with van der Waals surface area (Å²) in [6, 6.07) is 11.9. The van der Waals surface area contributed by atoms with Crippen molar-refractivity contribution in [2.24, 2.45) is 0 Å². The van der Waals surface area contributed by atoms with Crippen LogP contribution in [0.2, 0.25) is 0 Å². The van der Waals surface area contributed by atoms with Gasteiger partial charge in [0, 0.05) is 12.1 Å². The van der Waals surface area contributed by atoms with Crippen LogP contribution in [0.4, 0.5) is 4.39 Å². The zero-order chi connectivity index (χ0) is 17.1. The number of rotatable bonds is 3. The second-order valence-corrected chi connectivity index (χ2v) is 5.55. The van der Waals surface area contributed by atoms with E-state index in [0.717, 1.165) is 0 Å². The fraction of sp³-hybridized carbons (Fsp3) is 0.222. The minimum atomic E-state index is -1.04. The van der Waals surface area contributed by atoms with Crippen molar-refractivity contribution >= 4 is 11.9 Å². The van der Waals surface area contributed by atoms with Crippen LogP contribution in [-0.2, 0) is 4.74 Å². The van der Waals surface area contributed by atoms with Gasteiger partial charge in [0.1, 0.15) is 11.9 Å². The molecule has 6 heteroatoms. The van der Waals surface area contributed by atoms with E-state index in [0.29, 0.717) is 30.8 Å². The first-order valence-corrected chi connectivity index (χ1v) is 7.54. The van der Waals surface area contributed by atoms with Crippen molar-refractivity contribution in [3.05, 3.63) is 71.0 Å². The lowest BCUT2D eigenvalue weighted by molar-refractivity contribution is -0.0229. The molecule has 0 spiro atoms. The van der Waals surface area contributed by atoms with Crippen LogP contribution in [0.25, 0.3) is 0 Å². The number of hydrogen-bond donors (Lipinski definition) is 1. The largest absolute Gasteiger partial charge is 0.478 e. The predicted molar refractivity (Wildman–Crippen MR) is 84.4 cm³/mol. The molecule has 2 aromatic rings. The first-order valence-electron chi connectivity index (χ1n) is 7.54. The number of morpholine rings is 1. The molecule has 1 saturated heterocycles. The van der Waals surface area contributed by atoms with Crippen molar-refractivity contribution in [3.63, 3.8) is 0 Å². The van der Waals surface area contributed by atoms with E-state index in [1.807, 2.05) is 0 Å². The molecule has 0 bridgehead atoms. The molecule has 5 nitrogen and oxygen atoms in total. The molecule has 24 heavy (non-hydrogen) atoms. The van der Waals surface area contributed by atoms with Crippen molar-refractivity contribution in [3.8, 4) is 0 Å². The molecule has 1 unspecified atom stereocenters. The summed E-state index contributed by atoms with van der Waals surface area (Å²) in [6.07, 6.45) is -0.378. The van der Waals surface area contributed by atoms with Crippen LogP contribution in [0.1, 0.15) is 32.4 Å². The SMILES string of the molecule is O=C(O)c1ccc(C(=O)N2CCOC(c3cccc(F)c3)C2)cc1. The van der Waals surface area contributed by atoms with Crippen LogP contribution in [-0.4, -0.2) is 41.6 Å². The first-order chi connectivity index (χ1) is 11.5. The number of halogens is 1. The van der Waals surface area contributed by atoms with Gasteiger partial charge in [-0.1, -0.05) is 12.1 Å². The molecule has 124 valence electrons. The highest BCUT2D eigenvalue weighted by Crippen LogP contribution is 2.24. The lowest BCUT2D eigenvalue weighted by Gasteiger charge is -2.33. The maximum atomic E-state index is 13.4. The Balaban J connectivity index is 1.74. The normalized spacial score (nSPS) is 17.5. The second kappa shape index (κ2) is 6.80. The number of carboxylic acid groups (broad SMARTS) is 1. The summed E-state index contributed by atoms with van der Waals surface area (Å²) < 4.78 is 19.0. The molecule has 1 N–H and O–H groups in total. The zero-order valence-corrected chi connectivity index (χ0v) is 12.8. The third-order valence-corrected chi connectivity index (χ3v) is 3.95. The fourth-order valence-corrected chi connectivity index (χ4v) is 2.68. The molecule has 2 aromatic carbocycles. The van der Waals surface area contributed by atoms with Crippen LogP contribution in [0.15, 0.2) is 48.5 Å². The number of ether oxygens (including phenoxy) is 1. The van der Waals surface area contributed by atoms with Gasteiger partial charge in [0.25, 0.3) is 5.91 Å². The van der Waals surface area contributed by atoms with Crippen LogP contribution >= 0.6 is 0 Å². The molecular formula is C18H16FNO4. The topological polar surface area (TPSA) is 66.8 Å². The summed E-state index contributed by atoms with van der Waals surface area (Å²) in [6.45, 7) is 1.12. The molecule has 1 amide bonds. The molecule has 1 heterocycles. The van der Waals surface area contributed by atoms with Gasteiger partial charge in [-0.15, -0.1) is 0 Å². The Bertz CT molecular complexity index is 760. The molecular weight excluding hydrogens is 313 g/mol. The summed E-state index contributed by atoms with van der Waals surface area (Å²) in [5.74, 6) is -1.58. The van der Waals surface area contributed by atoms with Gasteiger partial charge in [0.05, 0.1) is 18.7 Å². The third-order valence-electron chi connectivity index (χ3n) is 3.95. The molecule has 1 aliphatic heterocycles. The summed E-state index contributed by atoms with van der Waals surface area (Å²) in [7, 11) is 0. The minimum Gasteiger partial charge on any atom is -0.478 e. The number of amides is 1. The lowest BCUT2D eigenvalue weighted by Crippen LogP contribution is -2.42. The van der Waals surface area contributed by atoms with E-state index in [4.69, 9.17) is 9.84 Å². The number of benzene rings is 2. The van der Waals surface area contributed by atoms with Crippen LogP contribution in [0, 0.1) is 5.82 Å².